The predicted octanol–water partition coefficient (Wildman–Crippen LogP) is 0.847. The summed E-state index contributed by atoms with van der Waals surface area (Å²) in [5.74, 6) is -0.419. The number of benzene rings is 1. The molecule has 0 aromatic heterocycles. The topological polar surface area (TPSA) is 94.0 Å². The lowest BCUT2D eigenvalue weighted by molar-refractivity contribution is 0.0697. The smallest absolute Gasteiger partial charge is 0.335 e. The number of carboxylic acid groups (broad SMARTS) is 1. The minimum atomic E-state index is -0.966. The molecule has 0 bridgehead atoms. The number of aryl methyl sites for hydroxylation is 1. The summed E-state index contributed by atoms with van der Waals surface area (Å²) in [6.45, 7) is 2.66. The molecule has 1 heterocycles. The van der Waals surface area contributed by atoms with E-state index in [2.05, 4.69) is 15.6 Å². The zero-order valence-corrected chi connectivity index (χ0v) is 11.2. The van der Waals surface area contributed by atoms with Crippen LogP contribution in [0.25, 0.3) is 0 Å². The minimum Gasteiger partial charge on any atom is -0.478 e. The van der Waals surface area contributed by atoms with E-state index >= 15 is 0 Å². The Hall–Kier alpha value is -1.79. The molecule has 0 fully saturated rings. The lowest BCUT2D eigenvalue weighted by Gasteiger charge is -2.20. The molecule has 1 aromatic rings. The van der Waals surface area contributed by atoms with Crippen molar-refractivity contribution in [2.75, 3.05) is 18.4 Å². The van der Waals surface area contributed by atoms with E-state index in [0.29, 0.717) is 24.7 Å². The molecule has 0 radical (unpaired) electrons. The highest BCUT2D eigenvalue weighted by molar-refractivity contribution is 5.96. The molecule has 0 amide bonds. The van der Waals surface area contributed by atoms with Crippen LogP contribution in [0.1, 0.15) is 15.9 Å². The van der Waals surface area contributed by atoms with E-state index in [0.717, 1.165) is 5.56 Å². The number of carbonyl (C=O) groups is 1. The molecular weight excluding hydrogens is 270 g/mol. The number of carboxylic acids is 1. The molecule has 6 nitrogen and oxygen atoms in total. The Kier molecular flexibility index (Phi) is 5.14. The fourth-order valence-electron chi connectivity index (χ4n) is 1.63. The molecule has 19 heavy (non-hydrogen) atoms. The number of nitrogens with zero attached hydrogens (tertiary/aromatic N) is 1. The van der Waals surface area contributed by atoms with Gasteiger partial charge in [-0.25, -0.2) is 4.79 Å². The van der Waals surface area contributed by atoms with E-state index in [1.807, 2.05) is 6.92 Å². The first-order valence-electron chi connectivity index (χ1n) is 5.63. The quantitative estimate of drug-likeness (QED) is 0.646. The van der Waals surface area contributed by atoms with Crippen molar-refractivity contribution >= 4 is 30.0 Å². The average molecular weight is 286 g/mol. The Bertz CT molecular complexity index is 505. The number of halogens is 1. The number of aliphatic hydroxyl groups excluding tert-OH is 1. The molecule has 0 saturated heterocycles. The first kappa shape index (κ1) is 15.3. The Morgan fingerprint density at radius 3 is 2.84 bits per heavy atom. The van der Waals surface area contributed by atoms with E-state index in [9.17, 15) is 9.90 Å². The third kappa shape index (κ3) is 3.84. The van der Waals surface area contributed by atoms with Crippen molar-refractivity contribution in [2.24, 2.45) is 4.99 Å². The largest absolute Gasteiger partial charge is 0.478 e. The van der Waals surface area contributed by atoms with Crippen molar-refractivity contribution in [2.45, 2.75) is 13.0 Å². The Morgan fingerprint density at radius 1 is 1.53 bits per heavy atom. The van der Waals surface area contributed by atoms with E-state index in [1.165, 1.54) is 0 Å². The van der Waals surface area contributed by atoms with Crippen LogP contribution in [0.2, 0.25) is 0 Å². The third-order valence-corrected chi connectivity index (χ3v) is 2.70. The molecule has 1 aliphatic heterocycles. The maximum absolute atomic E-state index is 10.9. The van der Waals surface area contributed by atoms with Gasteiger partial charge in [-0.3, -0.25) is 4.99 Å². The number of guanidine groups is 1. The van der Waals surface area contributed by atoms with Crippen molar-refractivity contribution in [3.63, 3.8) is 0 Å². The van der Waals surface area contributed by atoms with Crippen LogP contribution >= 0.6 is 12.4 Å². The number of hydrogen-bond donors (Lipinski definition) is 4. The molecule has 0 aliphatic carbocycles. The molecule has 2 rings (SSSR count). The number of β-amino-alcohol motifs (C(OH)–C–C–N with tert-alkyl or cyclic N) is 1. The summed E-state index contributed by atoms with van der Waals surface area (Å²) in [7, 11) is 0. The normalized spacial score (nSPS) is 17.8. The van der Waals surface area contributed by atoms with Gasteiger partial charge >= 0.3 is 5.97 Å². The summed E-state index contributed by atoms with van der Waals surface area (Å²) in [6.07, 6.45) is -0.470. The van der Waals surface area contributed by atoms with Gasteiger partial charge in [-0.2, -0.15) is 0 Å². The van der Waals surface area contributed by atoms with Gasteiger partial charge in [-0.05, 0) is 24.6 Å². The number of aliphatic hydroxyl groups is 1. The molecule has 1 atom stereocenters. The van der Waals surface area contributed by atoms with Crippen LogP contribution in [-0.4, -0.2) is 41.3 Å². The fourth-order valence-corrected chi connectivity index (χ4v) is 1.63. The van der Waals surface area contributed by atoms with Gasteiger partial charge < -0.3 is 20.8 Å². The SMILES string of the molecule is Cc1ccc(C(=O)O)cc1NC1=NCC(O)CN1.Cl. The molecule has 1 aliphatic rings. The molecular formula is C12H16ClN3O3. The van der Waals surface area contributed by atoms with Gasteiger partial charge in [0.05, 0.1) is 18.2 Å². The van der Waals surface area contributed by atoms with E-state index in [1.54, 1.807) is 18.2 Å². The first-order chi connectivity index (χ1) is 8.56. The van der Waals surface area contributed by atoms with Crippen LogP contribution in [0.4, 0.5) is 5.69 Å². The second-order valence-electron chi connectivity index (χ2n) is 4.18. The van der Waals surface area contributed by atoms with Gasteiger partial charge in [-0.15, -0.1) is 12.4 Å². The van der Waals surface area contributed by atoms with Crippen molar-refractivity contribution < 1.29 is 15.0 Å². The second kappa shape index (κ2) is 6.40. The first-order valence-corrected chi connectivity index (χ1v) is 5.63. The molecule has 1 aromatic carbocycles. The highest BCUT2D eigenvalue weighted by atomic mass is 35.5. The standard InChI is InChI=1S/C12H15N3O3.ClH/c1-7-2-3-8(11(17)18)4-10(7)15-12-13-5-9(16)6-14-12;/h2-4,9,16H,5-6H2,1H3,(H,17,18)(H2,13,14,15);1H. The highest BCUT2D eigenvalue weighted by Gasteiger charge is 2.13. The lowest BCUT2D eigenvalue weighted by Crippen LogP contribution is -2.42. The summed E-state index contributed by atoms with van der Waals surface area (Å²) in [5, 5.41) is 24.2. The Labute approximate surface area is 117 Å². The second-order valence-corrected chi connectivity index (χ2v) is 4.18. The van der Waals surface area contributed by atoms with Gasteiger partial charge in [0.1, 0.15) is 0 Å². The molecule has 7 heteroatoms. The fraction of sp³-hybridized carbons (Fsp3) is 0.333. The van der Waals surface area contributed by atoms with Gasteiger partial charge in [0.25, 0.3) is 0 Å². The molecule has 0 spiro atoms. The molecule has 104 valence electrons. The van der Waals surface area contributed by atoms with Gasteiger partial charge in [0.15, 0.2) is 5.96 Å². The third-order valence-electron chi connectivity index (χ3n) is 2.70. The van der Waals surface area contributed by atoms with E-state index in [4.69, 9.17) is 5.11 Å². The van der Waals surface area contributed by atoms with Crippen LogP contribution in [0.5, 0.6) is 0 Å². The zero-order valence-electron chi connectivity index (χ0n) is 10.4. The number of aromatic carboxylic acids is 1. The summed E-state index contributed by atoms with van der Waals surface area (Å²) in [6, 6.07) is 4.86. The van der Waals surface area contributed by atoms with E-state index < -0.39 is 12.1 Å². The lowest BCUT2D eigenvalue weighted by atomic mass is 10.1. The van der Waals surface area contributed by atoms with Crippen LogP contribution in [0.15, 0.2) is 23.2 Å². The minimum absolute atomic E-state index is 0. The number of rotatable bonds is 2. The summed E-state index contributed by atoms with van der Waals surface area (Å²) in [4.78, 5) is 15.0. The maximum atomic E-state index is 10.9. The van der Waals surface area contributed by atoms with Crippen LogP contribution in [0.3, 0.4) is 0 Å². The number of nitrogens with one attached hydrogen (secondary N) is 2. The van der Waals surface area contributed by atoms with Crippen LogP contribution in [-0.2, 0) is 0 Å². The number of hydrogen-bond acceptors (Lipinski definition) is 5. The average Bonchev–Trinajstić information content (AvgIpc) is 2.34. The number of aliphatic imine (C=N–C) groups is 1. The monoisotopic (exact) mass is 285 g/mol. The van der Waals surface area contributed by atoms with Crippen molar-refractivity contribution in [3.05, 3.63) is 29.3 Å². The van der Waals surface area contributed by atoms with Gasteiger partial charge in [0.2, 0.25) is 0 Å². The van der Waals surface area contributed by atoms with Crippen molar-refractivity contribution in [1.29, 1.82) is 0 Å². The summed E-state index contributed by atoms with van der Waals surface area (Å²) >= 11 is 0. The van der Waals surface area contributed by atoms with Crippen molar-refractivity contribution in [1.82, 2.24) is 5.32 Å². The molecule has 4 N–H and O–H groups in total. The molecule has 0 saturated carbocycles. The highest BCUT2D eigenvalue weighted by Crippen LogP contribution is 2.17. The number of anilines is 1. The van der Waals surface area contributed by atoms with Crippen molar-refractivity contribution in [3.8, 4) is 0 Å². The van der Waals surface area contributed by atoms with Crippen LogP contribution in [0, 0.1) is 6.92 Å². The Morgan fingerprint density at radius 2 is 2.26 bits per heavy atom. The summed E-state index contributed by atoms with van der Waals surface area (Å²) in [5.41, 5.74) is 1.84. The van der Waals surface area contributed by atoms with Gasteiger partial charge in [-0.1, -0.05) is 6.07 Å². The predicted molar refractivity (Wildman–Crippen MR) is 75.3 cm³/mol. The van der Waals surface area contributed by atoms with Crippen LogP contribution < -0.4 is 10.6 Å². The molecule has 1 unspecified atom stereocenters. The van der Waals surface area contributed by atoms with E-state index in [-0.39, 0.29) is 18.0 Å². The Balaban J connectivity index is 0.00000180. The maximum Gasteiger partial charge on any atom is 0.335 e. The summed E-state index contributed by atoms with van der Waals surface area (Å²) < 4.78 is 0. The zero-order chi connectivity index (χ0) is 13.1. The van der Waals surface area contributed by atoms with Gasteiger partial charge in [0, 0.05) is 12.2 Å².